The molecule has 4 nitrogen and oxygen atoms in total. The smallest absolute Gasteiger partial charge is 0.396 e. The quantitative estimate of drug-likeness (QED) is 0.310. The van der Waals surface area contributed by atoms with Crippen molar-refractivity contribution in [3.63, 3.8) is 0 Å². The Morgan fingerprint density at radius 3 is 1.00 bits per heavy atom. The Morgan fingerprint density at radius 2 is 0.852 bits per heavy atom. The molecule has 0 saturated carbocycles. The van der Waals surface area contributed by atoms with Crippen LogP contribution in [0.1, 0.15) is 0 Å². The molecule has 0 aromatic rings. The average Bonchev–Trinajstić information content (AvgIpc) is 2.54. The highest BCUT2D eigenvalue weighted by atomic mass is 35.5. The molecule has 0 bridgehead atoms. The van der Waals surface area contributed by atoms with Crippen molar-refractivity contribution in [2.45, 2.75) is 35.2 Å². The minimum Gasteiger partial charge on any atom is -0.396 e. The van der Waals surface area contributed by atoms with Crippen LogP contribution in [0.5, 0.6) is 0 Å². The second kappa shape index (κ2) is 10.2. The molecule has 0 radical (unpaired) electrons. The summed E-state index contributed by atoms with van der Waals surface area (Å²) < 4.78 is 127. The molecule has 0 aromatic heterocycles. The number of hydrogen-bond donors (Lipinski definition) is 1. The van der Waals surface area contributed by atoms with E-state index in [9.17, 15) is 44.6 Å². The van der Waals surface area contributed by atoms with E-state index in [0.29, 0.717) is 0 Å². The van der Waals surface area contributed by atoms with Crippen LogP contribution >= 0.6 is 34.8 Å². The Kier molecular flexibility index (Phi) is 10.2. The van der Waals surface area contributed by atoms with Crippen molar-refractivity contribution in [3.8, 4) is 0 Å². The third-order valence-electron chi connectivity index (χ3n) is 2.81. The van der Waals surface area contributed by atoms with Gasteiger partial charge in [0, 0.05) is 0 Å². The van der Waals surface area contributed by atoms with Crippen molar-refractivity contribution >= 4 is 34.8 Å². The lowest BCUT2D eigenvalue weighted by atomic mass is 9.92. The molecule has 164 valence electrons. The summed E-state index contributed by atoms with van der Waals surface area (Å²) >= 11 is 13.4. The van der Waals surface area contributed by atoms with Crippen molar-refractivity contribution in [2.75, 3.05) is 26.4 Å². The molecule has 1 N–H and O–H groups in total. The minimum absolute atomic E-state index is 1.53. The Hall–Kier alpha value is 0.0800. The molecule has 0 aliphatic rings. The predicted molar refractivity (Wildman–Crippen MR) is 74.5 cm³/mol. The van der Waals surface area contributed by atoms with Crippen LogP contribution in [0.4, 0.5) is 39.5 Å². The van der Waals surface area contributed by atoms with E-state index < -0.39 is 67.1 Å². The third-order valence-corrected chi connectivity index (χ3v) is 3.57. The zero-order chi connectivity index (χ0) is 21.7. The van der Waals surface area contributed by atoms with Crippen LogP contribution in [0.3, 0.4) is 0 Å². The Labute approximate surface area is 161 Å². The summed E-state index contributed by atoms with van der Waals surface area (Å²) in [5.74, 6) is 0. The molecule has 0 fully saturated rings. The molecule has 0 aliphatic carbocycles. The summed E-state index contributed by atoms with van der Waals surface area (Å²) in [5, 5.41) is 9.23. The van der Waals surface area contributed by atoms with Crippen molar-refractivity contribution < 1.29 is 58.8 Å². The Bertz CT molecular complexity index is 395. The van der Waals surface area contributed by atoms with Gasteiger partial charge in [0.1, 0.15) is 0 Å². The number of rotatable bonds is 13. The highest BCUT2D eigenvalue weighted by Crippen LogP contribution is 2.35. The number of aliphatic hydroxyl groups is 1. The summed E-state index contributed by atoms with van der Waals surface area (Å²) in [6, 6.07) is 0. The van der Waals surface area contributed by atoms with Gasteiger partial charge in [0.05, 0.1) is 31.8 Å². The van der Waals surface area contributed by atoms with Gasteiger partial charge in [0.2, 0.25) is 0 Å². The van der Waals surface area contributed by atoms with Gasteiger partial charge in [-0.25, -0.2) is 13.2 Å². The van der Waals surface area contributed by atoms with Crippen molar-refractivity contribution in [3.05, 3.63) is 0 Å². The van der Waals surface area contributed by atoms with Crippen LogP contribution in [0, 0.1) is 5.41 Å². The molecule has 0 spiro atoms. The van der Waals surface area contributed by atoms with Crippen LogP contribution < -0.4 is 0 Å². The van der Waals surface area contributed by atoms with Crippen molar-refractivity contribution in [1.29, 1.82) is 0 Å². The molecular formula is C11H12Cl3F9O4. The van der Waals surface area contributed by atoms with E-state index in [4.69, 9.17) is 0 Å². The van der Waals surface area contributed by atoms with Gasteiger partial charge in [-0.1, -0.05) is 34.8 Å². The van der Waals surface area contributed by atoms with Crippen LogP contribution in [0.2, 0.25) is 0 Å². The number of hydrogen-bond acceptors (Lipinski definition) is 4. The molecule has 16 heteroatoms. The van der Waals surface area contributed by atoms with E-state index in [1.54, 1.807) is 0 Å². The van der Waals surface area contributed by atoms with Crippen LogP contribution in [0.15, 0.2) is 0 Å². The van der Waals surface area contributed by atoms with E-state index in [-0.39, 0.29) is 0 Å². The SMILES string of the molecule is OCC(COC(F)(F)C(F)Cl)(COC(F)(F)C(F)Cl)COC(F)(F)C(F)Cl. The zero-order valence-electron chi connectivity index (χ0n) is 12.8. The van der Waals surface area contributed by atoms with E-state index in [2.05, 4.69) is 49.0 Å². The number of ether oxygens (including phenoxy) is 3. The lowest BCUT2D eigenvalue weighted by Crippen LogP contribution is -2.48. The first-order valence-electron chi connectivity index (χ1n) is 6.52. The first-order valence-corrected chi connectivity index (χ1v) is 7.83. The van der Waals surface area contributed by atoms with E-state index in [0.717, 1.165) is 0 Å². The number of aliphatic hydroxyl groups excluding tert-OH is 1. The maximum Gasteiger partial charge on any atom is 0.400 e. The summed E-state index contributed by atoms with van der Waals surface area (Å²) in [7, 11) is 0. The van der Waals surface area contributed by atoms with Crippen molar-refractivity contribution in [2.24, 2.45) is 5.41 Å². The third kappa shape index (κ3) is 8.54. The summed E-state index contributed by atoms with van der Waals surface area (Å²) in [6.07, 6.45) is -14.3. The molecule has 0 heterocycles. The lowest BCUT2D eigenvalue weighted by molar-refractivity contribution is -0.317. The second-order valence-electron chi connectivity index (χ2n) is 5.11. The van der Waals surface area contributed by atoms with Gasteiger partial charge in [-0.3, -0.25) is 0 Å². The monoisotopic (exact) mass is 484 g/mol. The van der Waals surface area contributed by atoms with Gasteiger partial charge in [0.15, 0.2) is 0 Å². The standard InChI is InChI=1S/C11H12Cl3F9O4/c12-5(15)9(18,19)25-2-8(1-24,3-26-10(20,21)6(13)16)4-27-11(22,23)7(14)17/h5-7,24H,1-4H2. The van der Waals surface area contributed by atoms with Crippen LogP contribution in [-0.2, 0) is 14.2 Å². The number of halogens is 12. The second-order valence-corrected chi connectivity index (χ2v) is 6.26. The largest absolute Gasteiger partial charge is 0.400 e. The fraction of sp³-hybridized carbons (Fsp3) is 1.00. The van der Waals surface area contributed by atoms with E-state index in [1.807, 2.05) is 0 Å². The normalized spacial score (nSPS) is 19.4. The zero-order valence-corrected chi connectivity index (χ0v) is 15.0. The van der Waals surface area contributed by atoms with Gasteiger partial charge >= 0.3 is 18.3 Å². The first kappa shape index (κ1) is 27.1. The Morgan fingerprint density at radius 1 is 0.630 bits per heavy atom. The van der Waals surface area contributed by atoms with Gasteiger partial charge in [-0.2, -0.15) is 26.3 Å². The number of alkyl halides is 12. The maximum atomic E-state index is 13.1. The summed E-state index contributed by atoms with van der Waals surface area (Å²) in [5.41, 5.74) is -13.1. The molecule has 0 amide bonds. The lowest BCUT2D eigenvalue weighted by Gasteiger charge is -2.35. The fourth-order valence-electron chi connectivity index (χ4n) is 1.20. The maximum absolute atomic E-state index is 13.1. The van der Waals surface area contributed by atoms with Gasteiger partial charge < -0.3 is 19.3 Å². The summed E-state index contributed by atoms with van der Waals surface area (Å²) in [4.78, 5) is 0. The van der Waals surface area contributed by atoms with Crippen LogP contribution in [0.25, 0.3) is 0 Å². The first-order chi connectivity index (χ1) is 12.0. The molecule has 0 rings (SSSR count). The van der Waals surface area contributed by atoms with Gasteiger partial charge in [-0.15, -0.1) is 0 Å². The molecule has 0 saturated heterocycles. The van der Waals surface area contributed by atoms with E-state index in [1.165, 1.54) is 0 Å². The molecule has 0 aliphatic heterocycles. The average molecular weight is 486 g/mol. The predicted octanol–water partition coefficient (Wildman–Crippen LogP) is 4.40. The van der Waals surface area contributed by atoms with Crippen LogP contribution in [-0.4, -0.2) is 66.8 Å². The minimum atomic E-state index is -4.75. The molecule has 0 aromatic carbocycles. The van der Waals surface area contributed by atoms with Gasteiger partial charge in [-0.05, 0) is 0 Å². The van der Waals surface area contributed by atoms with E-state index >= 15 is 0 Å². The van der Waals surface area contributed by atoms with Crippen molar-refractivity contribution in [1.82, 2.24) is 0 Å². The highest BCUT2D eigenvalue weighted by molar-refractivity contribution is 6.20. The Balaban J connectivity index is 5.42. The molecule has 3 atom stereocenters. The summed E-state index contributed by atoms with van der Waals surface area (Å²) in [6.45, 7) is -6.55. The molecule has 27 heavy (non-hydrogen) atoms. The molecular weight excluding hydrogens is 473 g/mol. The van der Waals surface area contributed by atoms with Gasteiger partial charge in [0.25, 0.3) is 16.9 Å². The topological polar surface area (TPSA) is 47.9 Å². The highest BCUT2D eigenvalue weighted by Gasteiger charge is 2.49. The fourth-order valence-corrected chi connectivity index (χ4v) is 1.39. The molecule has 3 unspecified atom stereocenters.